The van der Waals surface area contributed by atoms with E-state index in [1.54, 1.807) is 17.0 Å². The summed E-state index contributed by atoms with van der Waals surface area (Å²) < 4.78 is 17.7. The van der Waals surface area contributed by atoms with Crippen LogP contribution in [0.5, 0.6) is 11.5 Å². The number of ether oxygens (including phenoxy) is 3. The summed E-state index contributed by atoms with van der Waals surface area (Å²) in [5.41, 5.74) is 6.41. The minimum atomic E-state index is -0.412. The topological polar surface area (TPSA) is 68.3 Å². The third-order valence-electron chi connectivity index (χ3n) is 8.08. The fraction of sp³-hybridized carbons (Fsp3) is 0.220. The molecule has 0 fully saturated rings. The lowest BCUT2D eigenvalue weighted by Crippen LogP contribution is -2.31. The second-order valence-corrected chi connectivity index (χ2v) is 12.1. The summed E-state index contributed by atoms with van der Waals surface area (Å²) in [6.07, 6.45) is 0. The Kier molecular flexibility index (Phi) is 11.1. The zero-order valence-electron chi connectivity index (χ0n) is 28.2. The largest absolute Gasteiger partial charge is 0.488 e. The summed E-state index contributed by atoms with van der Waals surface area (Å²) in [6, 6.07) is 38.6. The molecular formula is C41H42N2O5. The average Bonchev–Trinajstić information content (AvgIpc) is 3.12. The van der Waals surface area contributed by atoms with Crippen LogP contribution < -0.4 is 19.3 Å². The predicted molar refractivity (Wildman–Crippen MR) is 191 cm³/mol. The Morgan fingerprint density at radius 1 is 0.646 bits per heavy atom. The van der Waals surface area contributed by atoms with Crippen molar-refractivity contribution < 1.29 is 23.8 Å². The van der Waals surface area contributed by atoms with Crippen molar-refractivity contribution in [3.8, 4) is 11.5 Å². The van der Waals surface area contributed by atoms with Gasteiger partial charge in [-0.2, -0.15) is 0 Å². The summed E-state index contributed by atoms with van der Waals surface area (Å²) in [5.74, 6) is 0.555. The zero-order valence-corrected chi connectivity index (χ0v) is 28.2. The molecule has 5 aromatic carbocycles. The van der Waals surface area contributed by atoms with Crippen LogP contribution in [0.25, 0.3) is 0 Å². The Bertz CT molecular complexity index is 1800. The third kappa shape index (κ3) is 8.42. The van der Waals surface area contributed by atoms with Crippen LogP contribution in [0.15, 0.2) is 121 Å². The first kappa shape index (κ1) is 33.8. The number of amides is 1. The zero-order chi connectivity index (χ0) is 34.0. The second kappa shape index (κ2) is 15.8. The smallest absolute Gasteiger partial charge is 0.337 e. The third-order valence-corrected chi connectivity index (χ3v) is 8.08. The summed E-state index contributed by atoms with van der Waals surface area (Å²) in [4.78, 5) is 30.6. The molecule has 0 unspecified atom stereocenters. The second-order valence-electron chi connectivity index (χ2n) is 12.1. The maximum absolute atomic E-state index is 14.8. The first-order valence-electron chi connectivity index (χ1n) is 16.0. The van der Waals surface area contributed by atoms with Crippen LogP contribution in [0.4, 0.5) is 11.4 Å². The van der Waals surface area contributed by atoms with E-state index in [0.717, 1.165) is 33.6 Å². The van der Waals surface area contributed by atoms with Crippen LogP contribution in [0.1, 0.15) is 62.7 Å². The van der Waals surface area contributed by atoms with E-state index >= 15 is 0 Å². The molecule has 0 spiro atoms. The normalized spacial score (nSPS) is 10.8. The lowest BCUT2D eigenvalue weighted by Gasteiger charge is -2.26. The Morgan fingerprint density at radius 2 is 1.19 bits per heavy atom. The van der Waals surface area contributed by atoms with Gasteiger partial charge >= 0.3 is 5.97 Å². The van der Waals surface area contributed by atoms with Crippen molar-refractivity contribution in [3.63, 3.8) is 0 Å². The van der Waals surface area contributed by atoms with Gasteiger partial charge in [-0.1, -0.05) is 86.6 Å². The van der Waals surface area contributed by atoms with E-state index in [0.29, 0.717) is 29.2 Å². The monoisotopic (exact) mass is 642 g/mol. The molecule has 246 valence electrons. The van der Waals surface area contributed by atoms with Gasteiger partial charge in [0.05, 0.1) is 24.8 Å². The van der Waals surface area contributed by atoms with Crippen LogP contribution in [-0.4, -0.2) is 33.1 Å². The lowest BCUT2D eigenvalue weighted by atomic mass is 9.97. The predicted octanol–water partition coefficient (Wildman–Crippen LogP) is 8.67. The first-order valence-corrected chi connectivity index (χ1v) is 16.0. The van der Waals surface area contributed by atoms with Crippen LogP contribution in [0, 0.1) is 0 Å². The number of esters is 1. The fourth-order valence-electron chi connectivity index (χ4n) is 5.31. The molecule has 0 aliphatic rings. The van der Waals surface area contributed by atoms with E-state index in [1.807, 2.05) is 128 Å². The molecule has 7 nitrogen and oxygen atoms in total. The number of hydrogen-bond donors (Lipinski definition) is 0. The highest BCUT2D eigenvalue weighted by molar-refractivity contribution is 6.08. The lowest BCUT2D eigenvalue weighted by molar-refractivity contribution is 0.0600. The molecular weight excluding hydrogens is 600 g/mol. The van der Waals surface area contributed by atoms with Crippen molar-refractivity contribution in [1.82, 2.24) is 0 Å². The number of anilines is 2. The van der Waals surface area contributed by atoms with Crippen molar-refractivity contribution in [2.24, 2.45) is 0 Å². The van der Waals surface area contributed by atoms with Gasteiger partial charge in [0.25, 0.3) is 5.91 Å². The number of nitrogens with zero attached hydrogens (tertiary/aromatic N) is 2. The minimum Gasteiger partial charge on any atom is -0.488 e. The standard InChI is InChI=1S/C41H42N2O5/c1-29(2)36-24-37(39(48-28-32-14-10-7-11-15-32)25-38(36)47-27-31-12-8-6-9-13-31)40(44)43(35-22-20-34(21-23-35)42(3)4)26-30-16-18-33(19-17-30)41(45)46-5/h6-25,29H,26-28H2,1-5H3. The molecule has 0 aliphatic heterocycles. The van der Waals surface area contributed by atoms with Crippen molar-refractivity contribution in [2.75, 3.05) is 31.0 Å². The van der Waals surface area contributed by atoms with Gasteiger partial charge in [0, 0.05) is 31.5 Å². The molecule has 0 radical (unpaired) electrons. The first-order chi connectivity index (χ1) is 23.2. The van der Waals surface area contributed by atoms with E-state index in [1.165, 1.54) is 7.11 Å². The number of carbonyl (C=O) groups excluding carboxylic acids is 2. The molecule has 0 aromatic heterocycles. The van der Waals surface area contributed by atoms with Crippen molar-refractivity contribution in [3.05, 3.63) is 155 Å². The summed E-state index contributed by atoms with van der Waals surface area (Å²) >= 11 is 0. The molecule has 1 amide bonds. The molecule has 5 aromatic rings. The Morgan fingerprint density at radius 3 is 1.71 bits per heavy atom. The van der Waals surface area contributed by atoms with Gasteiger partial charge in [-0.3, -0.25) is 4.79 Å². The number of rotatable bonds is 13. The van der Waals surface area contributed by atoms with Crippen molar-refractivity contribution >= 4 is 23.3 Å². The molecule has 48 heavy (non-hydrogen) atoms. The van der Waals surface area contributed by atoms with Gasteiger partial charge in [-0.15, -0.1) is 0 Å². The Hall–Kier alpha value is -5.56. The highest BCUT2D eigenvalue weighted by atomic mass is 16.5. The molecule has 5 rings (SSSR count). The van der Waals surface area contributed by atoms with E-state index in [9.17, 15) is 9.59 Å². The van der Waals surface area contributed by atoms with Crippen LogP contribution in [0.2, 0.25) is 0 Å². The van der Waals surface area contributed by atoms with Crippen LogP contribution in [0.3, 0.4) is 0 Å². The van der Waals surface area contributed by atoms with Gasteiger partial charge in [0.1, 0.15) is 24.7 Å². The number of benzene rings is 5. The van der Waals surface area contributed by atoms with Crippen molar-refractivity contribution in [1.29, 1.82) is 0 Å². The number of carbonyl (C=O) groups is 2. The number of hydrogen-bond acceptors (Lipinski definition) is 6. The van der Waals surface area contributed by atoms with Gasteiger partial charge in [-0.05, 0) is 70.6 Å². The molecule has 0 N–H and O–H groups in total. The molecule has 0 saturated carbocycles. The van der Waals surface area contributed by atoms with Gasteiger partial charge < -0.3 is 24.0 Å². The molecule has 0 saturated heterocycles. The Balaban J connectivity index is 1.57. The van der Waals surface area contributed by atoms with Crippen LogP contribution in [-0.2, 0) is 24.5 Å². The van der Waals surface area contributed by atoms with Crippen molar-refractivity contribution in [2.45, 2.75) is 39.5 Å². The molecule has 0 aliphatic carbocycles. The quantitative estimate of drug-likeness (QED) is 0.120. The highest BCUT2D eigenvalue weighted by Gasteiger charge is 2.26. The fourth-order valence-corrected chi connectivity index (χ4v) is 5.31. The van der Waals surface area contributed by atoms with E-state index in [2.05, 4.69) is 13.8 Å². The average molecular weight is 643 g/mol. The maximum Gasteiger partial charge on any atom is 0.337 e. The number of methoxy groups -OCH3 is 1. The van der Waals surface area contributed by atoms with Gasteiger partial charge in [0.2, 0.25) is 0 Å². The van der Waals surface area contributed by atoms with E-state index in [4.69, 9.17) is 14.2 Å². The summed E-state index contributed by atoms with van der Waals surface area (Å²) in [6.45, 7) is 5.11. The molecule has 0 atom stereocenters. The summed E-state index contributed by atoms with van der Waals surface area (Å²) in [7, 11) is 5.31. The molecule has 0 bridgehead atoms. The SMILES string of the molecule is COC(=O)c1ccc(CN(C(=O)c2cc(C(C)C)c(OCc3ccccc3)cc2OCc2ccccc2)c2ccc(N(C)C)cc2)cc1. The summed E-state index contributed by atoms with van der Waals surface area (Å²) in [5, 5.41) is 0. The molecule has 7 heteroatoms. The Labute approximate surface area is 283 Å². The van der Waals surface area contributed by atoms with E-state index < -0.39 is 5.97 Å². The van der Waals surface area contributed by atoms with Crippen LogP contribution >= 0.6 is 0 Å². The maximum atomic E-state index is 14.8. The van der Waals surface area contributed by atoms with Gasteiger partial charge in [-0.25, -0.2) is 4.79 Å². The van der Waals surface area contributed by atoms with Gasteiger partial charge in [0.15, 0.2) is 0 Å². The van der Waals surface area contributed by atoms with E-state index in [-0.39, 0.29) is 25.0 Å². The highest BCUT2D eigenvalue weighted by Crippen LogP contribution is 2.37. The molecule has 0 heterocycles. The minimum absolute atomic E-state index is 0.0733.